The van der Waals surface area contributed by atoms with Crippen molar-refractivity contribution >= 4 is 5.95 Å². The fourth-order valence-electron chi connectivity index (χ4n) is 4.88. The first-order valence-electron chi connectivity index (χ1n) is 12.4. The van der Waals surface area contributed by atoms with Crippen LogP contribution in [0.15, 0.2) is 60.8 Å². The van der Waals surface area contributed by atoms with Crippen molar-refractivity contribution < 1.29 is 8.78 Å². The fourth-order valence-corrected chi connectivity index (χ4v) is 4.88. The van der Waals surface area contributed by atoms with Crippen LogP contribution in [0.25, 0.3) is 22.6 Å². The zero-order valence-electron chi connectivity index (χ0n) is 20.6. The van der Waals surface area contributed by atoms with E-state index in [1.807, 2.05) is 12.1 Å². The van der Waals surface area contributed by atoms with Crippen LogP contribution < -0.4 is 5.32 Å². The van der Waals surface area contributed by atoms with Crippen molar-refractivity contribution in [1.82, 2.24) is 24.4 Å². The number of hydrogen-bond acceptors (Lipinski definition) is 5. The highest BCUT2D eigenvalue weighted by atomic mass is 19.1. The van der Waals surface area contributed by atoms with Gasteiger partial charge in [0.15, 0.2) is 0 Å². The van der Waals surface area contributed by atoms with E-state index in [0.29, 0.717) is 12.5 Å². The summed E-state index contributed by atoms with van der Waals surface area (Å²) in [5.74, 6) is 1.07. The number of nitrogens with zero attached hydrogens (tertiary/aromatic N) is 5. The molecular formula is C28H30F2N6. The van der Waals surface area contributed by atoms with Crippen molar-refractivity contribution in [1.29, 1.82) is 0 Å². The molecule has 6 nitrogen and oxygen atoms in total. The Kier molecular flexibility index (Phi) is 7.04. The lowest BCUT2D eigenvalue weighted by molar-refractivity contribution is 0.273. The maximum absolute atomic E-state index is 13.7. The van der Waals surface area contributed by atoms with E-state index in [4.69, 9.17) is 9.97 Å². The zero-order valence-corrected chi connectivity index (χ0v) is 20.6. The maximum atomic E-state index is 13.7. The first-order valence-corrected chi connectivity index (χ1v) is 12.4. The second-order valence-electron chi connectivity index (χ2n) is 9.31. The molecule has 2 aromatic carbocycles. The molecule has 3 heterocycles. The van der Waals surface area contributed by atoms with Crippen LogP contribution in [0, 0.1) is 11.6 Å². The minimum absolute atomic E-state index is 0.178. The largest absolute Gasteiger partial charge is 0.354 e. The Morgan fingerprint density at radius 2 is 1.89 bits per heavy atom. The summed E-state index contributed by atoms with van der Waals surface area (Å²) >= 11 is 0. The van der Waals surface area contributed by atoms with Gasteiger partial charge in [0, 0.05) is 43.9 Å². The first-order chi connectivity index (χ1) is 17.5. The number of rotatable bonds is 9. The Hall–Kier alpha value is -3.65. The minimum Gasteiger partial charge on any atom is -0.354 e. The molecule has 5 rings (SSSR count). The molecule has 0 amide bonds. The molecule has 1 aliphatic rings. The van der Waals surface area contributed by atoms with Gasteiger partial charge in [0.05, 0.1) is 17.1 Å². The summed E-state index contributed by atoms with van der Waals surface area (Å²) in [5, 5.41) is 3.27. The molecule has 1 N–H and O–H groups in total. The third kappa shape index (κ3) is 5.14. The van der Waals surface area contributed by atoms with Crippen LogP contribution in [0.5, 0.6) is 0 Å². The number of aryl methyl sites for hydroxylation is 1. The van der Waals surface area contributed by atoms with Gasteiger partial charge in [-0.25, -0.2) is 23.7 Å². The standard InChI is InChI=1S/C28H30F2N6/c1-3-14-31-28-32-15-13-24(33-28)27-26(20-7-9-21(29)10-8-20)34-25-12-11-23(36(25)27)18-35(2)17-19-5-4-6-22(30)16-19/h4-10,13,15-16,23H,3,11-12,14,17-18H2,1-2H3,(H,31,32,33)/t23-/m0/s1. The number of nitrogens with one attached hydrogen (secondary N) is 1. The summed E-state index contributed by atoms with van der Waals surface area (Å²) in [6, 6.07) is 15.3. The summed E-state index contributed by atoms with van der Waals surface area (Å²) in [6.45, 7) is 4.31. The third-order valence-corrected chi connectivity index (χ3v) is 6.46. The van der Waals surface area contributed by atoms with Gasteiger partial charge in [0.1, 0.15) is 17.5 Å². The summed E-state index contributed by atoms with van der Waals surface area (Å²) in [5.41, 5.74) is 4.28. The van der Waals surface area contributed by atoms with E-state index in [9.17, 15) is 8.78 Å². The highest BCUT2D eigenvalue weighted by molar-refractivity contribution is 5.78. The van der Waals surface area contributed by atoms with Crippen LogP contribution in [-0.2, 0) is 13.0 Å². The highest BCUT2D eigenvalue weighted by Gasteiger charge is 2.31. The molecule has 0 radical (unpaired) electrons. The SMILES string of the molecule is CCCNc1nccc(-c2c(-c3ccc(F)cc3)nc3n2[C@H](CN(C)Cc2cccc(F)c2)CC3)n1. The lowest BCUT2D eigenvalue weighted by Crippen LogP contribution is -2.26. The van der Waals surface area contributed by atoms with Gasteiger partial charge in [-0.3, -0.25) is 0 Å². The number of fused-ring (bicyclic) bond motifs is 1. The Bertz CT molecular complexity index is 1330. The van der Waals surface area contributed by atoms with Crippen LogP contribution >= 0.6 is 0 Å². The Morgan fingerprint density at radius 3 is 2.67 bits per heavy atom. The summed E-state index contributed by atoms with van der Waals surface area (Å²) < 4.78 is 29.7. The molecule has 4 aromatic rings. The monoisotopic (exact) mass is 488 g/mol. The molecule has 2 aromatic heterocycles. The average Bonchev–Trinajstić information content (AvgIpc) is 3.43. The van der Waals surface area contributed by atoms with Gasteiger partial charge in [0.2, 0.25) is 5.95 Å². The number of halogens is 2. The van der Waals surface area contributed by atoms with Gasteiger partial charge in [0.25, 0.3) is 0 Å². The van der Waals surface area contributed by atoms with Crippen molar-refractivity contribution in [2.24, 2.45) is 0 Å². The average molecular weight is 489 g/mol. The third-order valence-electron chi connectivity index (χ3n) is 6.46. The Balaban J connectivity index is 1.51. The molecule has 0 saturated heterocycles. The quantitative estimate of drug-likeness (QED) is 0.326. The van der Waals surface area contributed by atoms with Crippen molar-refractivity contribution in [2.45, 2.75) is 38.8 Å². The van der Waals surface area contributed by atoms with Gasteiger partial charge in [-0.05, 0) is 67.9 Å². The molecule has 36 heavy (non-hydrogen) atoms. The highest BCUT2D eigenvalue weighted by Crippen LogP contribution is 2.39. The van der Waals surface area contributed by atoms with Crippen LogP contribution in [0.1, 0.15) is 37.2 Å². The van der Waals surface area contributed by atoms with Gasteiger partial charge < -0.3 is 14.8 Å². The molecule has 0 aliphatic carbocycles. The van der Waals surface area contributed by atoms with Crippen molar-refractivity contribution in [3.8, 4) is 22.6 Å². The maximum Gasteiger partial charge on any atom is 0.223 e. The number of likely N-dealkylation sites (N-methyl/N-ethyl adjacent to an activating group) is 1. The van der Waals surface area contributed by atoms with Crippen molar-refractivity contribution in [2.75, 3.05) is 25.5 Å². The summed E-state index contributed by atoms with van der Waals surface area (Å²) in [7, 11) is 2.05. The molecular weight excluding hydrogens is 458 g/mol. The van der Waals surface area contributed by atoms with E-state index in [1.165, 1.54) is 18.2 Å². The van der Waals surface area contributed by atoms with E-state index in [-0.39, 0.29) is 17.7 Å². The molecule has 186 valence electrons. The second-order valence-corrected chi connectivity index (χ2v) is 9.31. The molecule has 0 saturated carbocycles. The molecule has 1 aliphatic heterocycles. The van der Waals surface area contributed by atoms with Gasteiger partial charge >= 0.3 is 0 Å². The smallest absolute Gasteiger partial charge is 0.223 e. The van der Waals surface area contributed by atoms with Crippen molar-refractivity contribution in [3.05, 3.63) is 83.8 Å². The predicted octanol–water partition coefficient (Wildman–Crippen LogP) is 5.73. The number of benzene rings is 2. The van der Waals surface area contributed by atoms with E-state index >= 15 is 0 Å². The number of anilines is 1. The number of aromatic nitrogens is 4. The zero-order chi connectivity index (χ0) is 25.1. The van der Waals surface area contributed by atoms with E-state index < -0.39 is 0 Å². The lowest BCUT2D eigenvalue weighted by Gasteiger charge is -2.24. The van der Waals surface area contributed by atoms with E-state index in [0.717, 1.165) is 66.4 Å². The van der Waals surface area contributed by atoms with Crippen molar-refractivity contribution in [3.63, 3.8) is 0 Å². The van der Waals surface area contributed by atoms with Gasteiger partial charge in [-0.2, -0.15) is 0 Å². The summed E-state index contributed by atoms with van der Waals surface area (Å²) in [6.07, 6.45) is 4.53. The fraction of sp³-hybridized carbons (Fsp3) is 0.321. The van der Waals surface area contributed by atoms with E-state index in [2.05, 4.69) is 33.7 Å². The first kappa shape index (κ1) is 24.1. The minimum atomic E-state index is -0.281. The van der Waals surface area contributed by atoms with Gasteiger partial charge in [-0.15, -0.1) is 0 Å². The summed E-state index contributed by atoms with van der Waals surface area (Å²) in [4.78, 5) is 16.4. The molecule has 0 bridgehead atoms. The molecule has 0 fully saturated rings. The van der Waals surface area contributed by atoms with Crippen LogP contribution in [0.3, 0.4) is 0 Å². The molecule has 8 heteroatoms. The molecule has 0 spiro atoms. The van der Waals surface area contributed by atoms with Crippen LogP contribution in [0.4, 0.5) is 14.7 Å². The Labute approximate surface area is 210 Å². The lowest BCUT2D eigenvalue weighted by atomic mass is 10.1. The molecule has 0 unspecified atom stereocenters. The second kappa shape index (κ2) is 10.5. The molecule has 1 atom stereocenters. The van der Waals surface area contributed by atoms with Crippen LogP contribution in [0.2, 0.25) is 0 Å². The Morgan fingerprint density at radius 1 is 1.06 bits per heavy atom. The van der Waals surface area contributed by atoms with E-state index in [1.54, 1.807) is 30.5 Å². The predicted molar refractivity (Wildman–Crippen MR) is 138 cm³/mol. The van der Waals surface area contributed by atoms with Gasteiger partial charge in [-0.1, -0.05) is 19.1 Å². The number of hydrogen-bond donors (Lipinski definition) is 1. The number of imidazole rings is 1. The topological polar surface area (TPSA) is 58.9 Å². The normalized spacial score (nSPS) is 14.9. The van der Waals surface area contributed by atoms with Crippen LogP contribution in [-0.4, -0.2) is 44.6 Å².